The van der Waals surface area contributed by atoms with Crippen LogP contribution < -0.4 is 9.64 Å². The van der Waals surface area contributed by atoms with Gasteiger partial charge < -0.3 is 9.64 Å². The van der Waals surface area contributed by atoms with Gasteiger partial charge in [0.1, 0.15) is 11.3 Å². The Bertz CT molecular complexity index is 544. The molecule has 0 aliphatic heterocycles. The van der Waals surface area contributed by atoms with Crippen LogP contribution in [0.5, 0.6) is 5.75 Å². The van der Waals surface area contributed by atoms with Crippen LogP contribution in [0.4, 0.5) is 5.69 Å². The van der Waals surface area contributed by atoms with Crippen molar-refractivity contribution in [2.24, 2.45) is 0 Å². The first-order valence-electron chi connectivity index (χ1n) is 6.17. The maximum atomic E-state index is 9.33. The van der Waals surface area contributed by atoms with Crippen LogP contribution in [0.2, 0.25) is 0 Å². The van der Waals surface area contributed by atoms with E-state index in [0.717, 1.165) is 27.0 Å². The summed E-state index contributed by atoms with van der Waals surface area (Å²) in [7, 11) is 3.60. The summed E-state index contributed by atoms with van der Waals surface area (Å²) in [5.41, 5.74) is 3.71. The predicted octanol–water partition coefficient (Wildman–Crippen LogP) is 4.12. The fourth-order valence-electron chi connectivity index (χ4n) is 2.08. The zero-order valence-electron chi connectivity index (χ0n) is 12.7. The highest BCUT2D eigenvalue weighted by atomic mass is 79.9. The summed E-state index contributed by atoms with van der Waals surface area (Å²) in [6, 6.07) is 2.33. The summed E-state index contributed by atoms with van der Waals surface area (Å²) < 4.78 is 6.65. The minimum atomic E-state index is -0.598. The molecule has 0 aliphatic rings. The molecule has 0 unspecified atom stereocenters. The average molecular weight is 325 g/mol. The van der Waals surface area contributed by atoms with Gasteiger partial charge in [-0.05, 0) is 51.3 Å². The molecule has 0 amide bonds. The first kappa shape index (κ1) is 15.8. The van der Waals surface area contributed by atoms with Crippen molar-refractivity contribution in [1.29, 1.82) is 5.26 Å². The number of halogens is 1. The van der Waals surface area contributed by atoms with Crippen LogP contribution in [0.15, 0.2) is 4.47 Å². The van der Waals surface area contributed by atoms with E-state index in [1.165, 1.54) is 5.56 Å². The summed E-state index contributed by atoms with van der Waals surface area (Å²) in [5.74, 6) is 0.837. The molecule has 0 N–H and O–H groups in total. The molecular weight excluding hydrogens is 304 g/mol. The minimum Gasteiger partial charge on any atom is -0.494 e. The molecule has 1 aromatic carbocycles. The van der Waals surface area contributed by atoms with Gasteiger partial charge in [-0.2, -0.15) is 5.26 Å². The number of nitriles is 1. The van der Waals surface area contributed by atoms with Crippen molar-refractivity contribution in [2.45, 2.75) is 40.2 Å². The number of ether oxygens (including phenoxy) is 1. The number of hydrogen-bond donors (Lipinski definition) is 0. The molecule has 19 heavy (non-hydrogen) atoms. The number of hydrogen-bond acceptors (Lipinski definition) is 3. The zero-order valence-corrected chi connectivity index (χ0v) is 14.3. The third-order valence-corrected chi connectivity index (χ3v) is 4.97. The molecule has 0 aliphatic carbocycles. The largest absolute Gasteiger partial charge is 0.494 e. The first-order chi connectivity index (χ1) is 8.68. The lowest BCUT2D eigenvalue weighted by atomic mass is 9.98. The molecule has 4 heteroatoms. The summed E-state index contributed by atoms with van der Waals surface area (Å²) >= 11 is 3.64. The van der Waals surface area contributed by atoms with E-state index >= 15 is 0 Å². The Balaban J connectivity index is 3.65. The van der Waals surface area contributed by atoms with Gasteiger partial charge in [0.25, 0.3) is 0 Å². The zero-order chi connectivity index (χ0) is 15.0. The molecule has 104 valence electrons. The first-order valence-corrected chi connectivity index (χ1v) is 6.96. The standard InChI is InChI=1S/C15H21BrN2O/c1-9-10(2)14(19-7)13(11(3)12(9)16)18(6)15(4,5)8-17/h1-7H3. The van der Waals surface area contributed by atoms with E-state index in [4.69, 9.17) is 4.74 Å². The molecule has 3 nitrogen and oxygen atoms in total. The summed E-state index contributed by atoms with van der Waals surface area (Å²) in [5, 5.41) is 9.33. The second kappa shape index (κ2) is 5.42. The summed E-state index contributed by atoms with van der Waals surface area (Å²) in [4.78, 5) is 1.97. The Hall–Kier alpha value is -1.21. The van der Waals surface area contributed by atoms with Crippen LogP contribution in [-0.2, 0) is 0 Å². The van der Waals surface area contributed by atoms with Gasteiger partial charge >= 0.3 is 0 Å². The predicted molar refractivity (Wildman–Crippen MR) is 83.0 cm³/mol. The third-order valence-electron chi connectivity index (χ3n) is 3.78. The number of rotatable bonds is 3. The summed E-state index contributed by atoms with van der Waals surface area (Å²) in [6.45, 7) is 9.94. The average Bonchev–Trinajstić information content (AvgIpc) is 2.39. The highest BCUT2D eigenvalue weighted by Crippen LogP contribution is 2.43. The maximum absolute atomic E-state index is 9.33. The Morgan fingerprint density at radius 2 is 1.68 bits per heavy atom. The molecule has 0 saturated heterocycles. The van der Waals surface area contributed by atoms with Crippen LogP contribution in [0.25, 0.3) is 0 Å². The van der Waals surface area contributed by atoms with Crippen LogP contribution >= 0.6 is 15.9 Å². The molecule has 0 radical (unpaired) electrons. The Morgan fingerprint density at radius 3 is 2.11 bits per heavy atom. The maximum Gasteiger partial charge on any atom is 0.145 e. The van der Waals surface area contributed by atoms with Gasteiger partial charge in [0.2, 0.25) is 0 Å². The topological polar surface area (TPSA) is 36.3 Å². The van der Waals surface area contributed by atoms with Crippen molar-refractivity contribution in [1.82, 2.24) is 0 Å². The van der Waals surface area contributed by atoms with Gasteiger partial charge in [0.05, 0.1) is 18.9 Å². The van der Waals surface area contributed by atoms with E-state index in [2.05, 4.69) is 28.9 Å². The van der Waals surface area contributed by atoms with E-state index in [1.807, 2.05) is 39.6 Å². The lowest BCUT2D eigenvalue weighted by molar-refractivity contribution is 0.408. The second-order valence-electron chi connectivity index (χ2n) is 5.30. The van der Waals surface area contributed by atoms with E-state index in [0.29, 0.717) is 0 Å². The normalized spacial score (nSPS) is 11.1. The van der Waals surface area contributed by atoms with E-state index in [9.17, 15) is 5.26 Å². The highest BCUT2D eigenvalue weighted by molar-refractivity contribution is 9.10. The molecule has 0 atom stereocenters. The number of methoxy groups -OCH3 is 1. The monoisotopic (exact) mass is 324 g/mol. The molecule has 1 aromatic rings. The SMILES string of the molecule is COc1c(C)c(C)c(Br)c(C)c1N(C)C(C)(C)C#N. The minimum absolute atomic E-state index is 0.598. The van der Waals surface area contributed by atoms with Gasteiger partial charge in [-0.1, -0.05) is 15.9 Å². The lowest BCUT2D eigenvalue weighted by Gasteiger charge is -2.35. The molecular formula is C15H21BrN2O. The number of benzene rings is 1. The van der Waals surface area contributed by atoms with Crippen molar-refractivity contribution in [3.8, 4) is 11.8 Å². The van der Waals surface area contributed by atoms with Gasteiger partial charge in [-0.3, -0.25) is 0 Å². The molecule has 0 saturated carbocycles. The fraction of sp³-hybridized carbons (Fsp3) is 0.533. The second-order valence-corrected chi connectivity index (χ2v) is 6.09. The Kier molecular flexibility index (Phi) is 4.52. The Labute approximate surface area is 124 Å². The fourth-order valence-corrected chi connectivity index (χ4v) is 2.56. The van der Waals surface area contributed by atoms with Crippen molar-refractivity contribution in [2.75, 3.05) is 19.1 Å². The van der Waals surface area contributed by atoms with Gasteiger partial charge in [0, 0.05) is 11.5 Å². The number of nitrogens with zero attached hydrogens (tertiary/aromatic N) is 2. The number of anilines is 1. The molecule has 0 heterocycles. The Morgan fingerprint density at radius 1 is 1.16 bits per heavy atom. The smallest absolute Gasteiger partial charge is 0.145 e. The van der Waals surface area contributed by atoms with Crippen molar-refractivity contribution >= 4 is 21.6 Å². The van der Waals surface area contributed by atoms with Crippen LogP contribution in [0.3, 0.4) is 0 Å². The van der Waals surface area contributed by atoms with Crippen molar-refractivity contribution in [3.63, 3.8) is 0 Å². The summed E-state index contributed by atoms with van der Waals surface area (Å²) in [6.07, 6.45) is 0. The lowest BCUT2D eigenvalue weighted by Crippen LogP contribution is -2.40. The van der Waals surface area contributed by atoms with E-state index in [-0.39, 0.29) is 0 Å². The quantitative estimate of drug-likeness (QED) is 0.839. The molecule has 0 fully saturated rings. The molecule has 1 rings (SSSR count). The van der Waals surface area contributed by atoms with Crippen molar-refractivity contribution < 1.29 is 4.74 Å². The van der Waals surface area contributed by atoms with Gasteiger partial charge in [0.15, 0.2) is 0 Å². The van der Waals surface area contributed by atoms with Crippen LogP contribution in [0, 0.1) is 32.1 Å². The van der Waals surface area contributed by atoms with Crippen LogP contribution in [0.1, 0.15) is 30.5 Å². The third kappa shape index (κ3) is 2.57. The highest BCUT2D eigenvalue weighted by Gasteiger charge is 2.29. The van der Waals surface area contributed by atoms with Gasteiger partial charge in [-0.15, -0.1) is 0 Å². The van der Waals surface area contributed by atoms with E-state index < -0.39 is 5.54 Å². The molecule has 0 bridgehead atoms. The van der Waals surface area contributed by atoms with E-state index in [1.54, 1.807) is 7.11 Å². The molecule has 0 spiro atoms. The van der Waals surface area contributed by atoms with Gasteiger partial charge in [-0.25, -0.2) is 0 Å². The molecule has 0 aromatic heterocycles. The van der Waals surface area contributed by atoms with Crippen molar-refractivity contribution in [3.05, 3.63) is 21.2 Å². The van der Waals surface area contributed by atoms with Crippen LogP contribution in [-0.4, -0.2) is 19.7 Å².